The lowest BCUT2D eigenvalue weighted by Gasteiger charge is -2.48. The first-order chi connectivity index (χ1) is 17.5. The van der Waals surface area contributed by atoms with Crippen molar-refractivity contribution >= 4 is 11.8 Å². The minimum absolute atomic E-state index is 0.771. The average molecular weight is 511 g/mol. The van der Waals surface area contributed by atoms with Gasteiger partial charge < -0.3 is 9.47 Å². The van der Waals surface area contributed by atoms with E-state index in [0.29, 0.717) is 0 Å². The van der Waals surface area contributed by atoms with Crippen LogP contribution >= 0.6 is 11.8 Å². The van der Waals surface area contributed by atoms with Crippen LogP contribution in [-0.2, 0) is 13.0 Å². The molecule has 36 heavy (non-hydrogen) atoms. The molecule has 3 aliphatic heterocycles. The fraction of sp³-hybridized carbons (Fsp3) is 0.710. The Labute approximate surface area is 225 Å². The summed E-state index contributed by atoms with van der Waals surface area (Å²) in [6.07, 6.45) is 16.4. The van der Waals surface area contributed by atoms with Crippen molar-refractivity contribution in [2.45, 2.75) is 115 Å². The number of thioether (sulfide) groups is 1. The summed E-state index contributed by atoms with van der Waals surface area (Å²) < 4.78 is 2.31. The van der Waals surface area contributed by atoms with Crippen LogP contribution in [0.3, 0.4) is 0 Å². The monoisotopic (exact) mass is 510 g/mol. The Bertz CT molecular complexity index is 892. The van der Waals surface area contributed by atoms with E-state index in [0.717, 1.165) is 42.7 Å². The Morgan fingerprint density at radius 3 is 2.33 bits per heavy atom. The van der Waals surface area contributed by atoms with Crippen LogP contribution in [0.5, 0.6) is 0 Å². The van der Waals surface area contributed by atoms with Gasteiger partial charge in [0.15, 0.2) is 0 Å². The largest absolute Gasteiger partial charge is 0.334 e. The van der Waals surface area contributed by atoms with Crippen LogP contribution < -0.4 is 0 Å². The van der Waals surface area contributed by atoms with Crippen LogP contribution in [0.25, 0.3) is 11.3 Å². The van der Waals surface area contributed by atoms with Crippen molar-refractivity contribution in [1.82, 2.24) is 19.4 Å². The normalized spacial score (nSPS) is 25.3. The molecule has 5 heteroatoms. The Morgan fingerprint density at radius 2 is 1.69 bits per heavy atom. The van der Waals surface area contributed by atoms with E-state index in [1.54, 1.807) is 11.8 Å². The number of piperidine rings is 2. The van der Waals surface area contributed by atoms with Gasteiger partial charge >= 0.3 is 0 Å². The number of rotatable bonds is 6. The van der Waals surface area contributed by atoms with Crippen molar-refractivity contribution in [2.24, 2.45) is 5.92 Å². The molecule has 1 aromatic carbocycles. The smallest absolute Gasteiger partial charge is 0.109 e. The summed E-state index contributed by atoms with van der Waals surface area (Å²) >= 11 is 1.77. The Morgan fingerprint density at radius 1 is 0.972 bits per heavy atom. The Hall–Kier alpha value is -1.30. The number of aryl methyl sites for hydroxylation is 2. The molecule has 0 aliphatic carbocycles. The molecule has 3 atom stereocenters. The van der Waals surface area contributed by atoms with Gasteiger partial charge in [0.25, 0.3) is 0 Å². The highest BCUT2D eigenvalue weighted by molar-refractivity contribution is 7.98. The molecule has 200 valence electrons. The first-order valence-corrected chi connectivity index (χ1v) is 15.9. The highest BCUT2D eigenvalue weighted by atomic mass is 32.2. The molecule has 0 saturated carbocycles. The number of benzene rings is 1. The van der Waals surface area contributed by atoms with Gasteiger partial charge in [-0.2, -0.15) is 0 Å². The van der Waals surface area contributed by atoms with Crippen LogP contribution in [0.4, 0.5) is 0 Å². The maximum Gasteiger partial charge on any atom is 0.109 e. The fourth-order valence-corrected chi connectivity index (χ4v) is 6.89. The lowest BCUT2D eigenvalue weighted by molar-refractivity contribution is 0.0132. The van der Waals surface area contributed by atoms with Crippen molar-refractivity contribution in [3.8, 4) is 11.3 Å². The highest BCUT2D eigenvalue weighted by Crippen LogP contribution is 2.30. The van der Waals surface area contributed by atoms with Gasteiger partial charge in [-0.25, -0.2) is 4.98 Å². The van der Waals surface area contributed by atoms with E-state index in [9.17, 15) is 0 Å². The molecule has 4 nitrogen and oxygen atoms in total. The number of nitrogens with zero attached hydrogens (tertiary/aromatic N) is 4. The van der Waals surface area contributed by atoms with Crippen LogP contribution in [0, 0.1) is 5.92 Å². The third-order valence-corrected chi connectivity index (χ3v) is 9.18. The third-order valence-electron chi connectivity index (χ3n) is 8.44. The van der Waals surface area contributed by atoms with Crippen LogP contribution in [-0.4, -0.2) is 63.4 Å². The fourth-order valence-electron chi connectivity index (χ4n) is 6.48. The summed E-state index contributed by atoms with van der Waals surface area (Å²) in [7, 11) is 0. The maximum absolute atomic E-state index is 4.73. The molecular weight excluding hydrogens is 460 g/mol. The highest BCUT2D eigenvalue weighted by Gasteiger charge is 2.35. The molecular formula is C31H50N4S. The molecule has 3 aliphatic rings. The predicted octanol–water partition coefficient (Wildman–Crippen LogP) is 7.37. The number of imidazole rings is 1. The van der Waals surface area contributed by atoms with E-state index in [2.05, 4.69) is 78.8 Å². The SMILES string of the molecule is CCC1CC(N2CCCCC2)CC(C)N1CC(C)C.CSc1ccc(-c2cn3c(n2)CCCC3)cc1. The van der Waals surface area contributed by atoms with Gasteiger partial charge in [-0.1, -0.05) is 39.3 Å². The van der Waals surface area contributed by atoms with Crippen molar-refractivity contribution in [3.05, 3.63) is 36.3 Å². The van der Waals surface area contributed by atoms with E-state index in [-0.39, 0.29) is 0 Å². The van der Waals surface area contributed by atoms with E-state index in [1.807, 2.05) is 0 Å². The van der Waals surface area contributed by atoms with Gasteiger partial charge in [0.1, 0.15) is 5.82 Å². The quantitative estimate of drug-likeness (QED) is 0.379. The molecule has 3 unspecified atom stereocenters. The van der Waals surface area contributed by atoms with E-state index >= 15 is 0 Å². The summed E-state index contributed by atoms with van der Waals surface area (Å²) in [4.78, 5) is 11.6. The topological polar surface area (TPSA) is 24.3 Å². The van der Waals surface area contributed by atoms with Gasteiger partial charge in [0.2, 0.25) is 0 Å². The van der Waals surface area contributed by atoms with Crippen molar-refractivity contribution in [3.63, 3.8) is 0 Å². The predicted molar refractivity (Wildman–Crippen MR) is 156 cm³/mol. The van der Waals surface area contributed by atoms with Crippen LogP contribution in [0.2, 0.25) is 0 Å². The minimum Gasteiger partial charge on any atom is -0.334 e. The standard InChI is InChI=1S/C17H34N2.C14H16N2S/c1-5-16-12-17(18-9-7-6-8-10-18)11-15(4)19(16)13-14(2)3;1-17-12-7-5-11(6-8-12)13-10-16-9-3-2-4-14(16)15-13/h14-17H,5-13H2,1-4H3;5-8,10H,2-4,9H2,1H3. The van der Waals surface area contributed by atoms with E-state index < -0.39 is 0 Å². The number of fused-ring (bicyclic) bond motifs is 1. The first-order valence-electron chi connectivity index (χ1n) is 14.7. The number of hydrogen-bond acceptors (Lipinski definition) is 4. The molecule has 0 bridgehead atoms. The molecule has 2 fully saturated rings. The van der Waals surface area contributed by atoms with E-state index in [1.165, 1.54) is 87.3 Å². The molecule has 4 heterocycles. The van der Waals surface area contributed by atoms with Gasteiger partial charge in [0.05, 0.1) is 5.69 Å². The molecule has 1 aromatic heterocycles. The molecule has 2 aromatic rings. The van der Waals surface area contributed by atoms with Crippen molar-refractivity contribution in [2.75, 3.05) is 25.9 Å². The molecule has 2 saturated heterocycles. The van der Waals surface area contributed by atoms with Crippen LogP contribution in [0.15, 0.2) is 35.4 Å². The van der Waals surface area contributed by atoms with Gasteiger partial charge in [0, 0.05) is 54.3 Å². The Kier molecular flexibility index (Phi) is 10.4. The molecule has 0 radical (unpaired) electrons. The zero-order valence-electron chi connectivity index (χ0n) is 23.6. The summed E-state index contributed by atoms with van der Waals surface area (Å²) in [6.45, 7) is 14.7. The second kappa shape index (κ2) is 13.5. The van der Waals surface area contributed by atoms with Crippen molar-refractivity contribution < 1.29 is 0 Å². The zero-order valence-corrected chi connectivity index (χ0v) is 24.4. The molecule has 0 N–H and O–H groups in total. The molecule has 0 spiro atoms. The maximum atomic E-state index is 4.73. The van der Waals surface area contributed by atoms with Crippen molar-refractivity contribution in [1.29, 1.82) is 0 Å². The second-order valence-electron chi connectivity index (χ2n) is 11.6. The van der Waals surface area contributed by atoms with Gasteiger partial charge in [-0.15, -0.1) is 11.8 Å². The summed E-state index contributed by atoms with van der Waals surface area (Å²) in [5.41, 5.74) is 2.35. The molecule has 5 rings (SSSR count). The molecule has 0 amide bonds. The first kappa shape index (κ1) is 27.7. The van der Waals surface area contributed by atoms with E-state index in [4.69, 9.17) is 4.98 Å². The zero-order chi connectivity index (χ0) is 25.5. The minimum atomic E-state index is 0.771. The lowest BCUT2D eigenvalue weighted by atomic mass is 9.88. The second-order valence-corrected chi connectivity index (χ2v) is 12.5. The number of likely N-dealkylation sites (tertiary alicyclic amines) is 2. The third kappa shape index (κ3) is 7.17. The summed E-state index contributed by atoms with van der Waals surface area (Å²) in [5.74, 6) is 2.04. The lowest BCUT2D eigenvalue weighted by Crippen LogP contribution is -2.55. The number of aromatic nitrogens is 2. The average Bonchev–Trinajstić information content (AvgIpc) is 3.35. The Balaban J connectivity index is 0.000000170. The summed E-state index contributed by atoms with van der Waals surface area (Å²) in [5, 5.41) is 0. The van der Waals surface area contributed by atoms with Gasteiger partial charge in [-0.3, -0.25) is 4.90 Å². The van der Waals surface area contributed by atoms with Gasteiger partial charge in [-0.05, 0) is 89.3 Å². The number of hydrogen-bond donors (Lipinski definition) is 0. The summed E-state index contributed by atoms with van der Waals surface area (Å²) in [6, 6.07) is 11.1. The van der Waals surface area contributed by atoms with Crippen LogP contribution in [0.1, 0.15) is 84.9 Å².